The minimum atomic E-state index is -0.468. The van der Waals surface area contributed by atoms with Crippen molar-refractivity contribution in [2.24, 2.45) is 0 Å². The number of rotatable bonds is 10. The first-order valence-electron chi connectivity index (χ1n) is 10.2. The topological polar surface area (TPSA) is 50.8 Å². The summed E-state index contributed by atoms with van der Waals surface area (Å²) in [7, 11) is 1.64. The first-order valence-corrected chi connectivity index (χ1v) is 10.2. The highest BCUT2D eigenvalue weighted by Crippen LogP contribution is 2.34. The van der Waals surface area contributed by atoms with Gasteiger partial charge in [0.2, 0.25) is 6.23 Å². The maximum Gasteiger partial charge on any atom is 0.340 e. The highest BCUT2D eigenvalue weighted by atomic mass is 16.6. The average molecular weight is 383 g/mol. The predicted molar refractivity (Wildman–Crippen MR) is 113 cm³/mol. The summed E-state index contributed by atoms with van der Waals surface area (Å²) >= 11 is 0. The Morgan fingerprint density at radius 2 is 1.71 bits per heavy atom. The first kappa shape index (κ1) is 20.1. The number of ether oxygens (including phenoxy) is 2. The van der Waals surface area contributed by atoms with Gasteiger partial charge in [0, 0.05) is 30.0 Å². The van der Waals surface area contributed by atoms with Crippen LogP contribution < -0.4 is 15.0 Å². The van der Waals surface area contributed by atoms with Gasteiger partial charge in [-0.05, 0) is 49.2 Å². The zero-order valence-corrected chi connectivity index (χ0v) is 17.0. The minimum Gasteiger partial charge on any atom is -0.497 e. The normalized spacial score (nSPS) is 15.1. The Morgan fingerprint density at radius 3 is 2.32 bits per heavy atom. The van der Waals surface area contributed by atoms with E-state index < -0.39 is 6.23 Å². The number of nitrogens with one attached hydrogen (secondary N) is 1. The van der Waals surface area contributed by atoms with E-state index in [1.54, 1.807) is 7.11 Å². The van der Waals surface area contributed by atoms with Gasteiger partial charge in [0.05, 0.1) is 12.7 Å². The maximum atomic E-state index is 12.5. The van der Waals surface area contributed by atoms with E-state index >= 15 is 0 Å². The third-order valence-corrected chi connectivity index (χ3v) is 5.08. The van der Waals surface area contributed by atoms with E-state index in [1.165, 1.54) is 0 Å². The molecule has 1 atom stereocenters. The zero-order valence-electron chi connectivity index (χ0n) is 17.0. The summed E-state index contributed by atoms with van der Waals surface area (Å²) in [5, 5.41) is 3.28. The van der Waals surface area contributed by atoms with Crippen molar-refractivity contribution in [2.45, 2.75) is 45.8 Å². The molecule has 5 nitrogen and oxygen atoms in total. The quantitative estimate of drug-likeness (QED) is 0.559. The van der Waals surface area contributed by atoms with Gasteiger partial charge in [0.15, 0.2) is 0 Å². The fourth-order valence-corrected chi connectivity index (χ4v) is 3.39. The van der Waals surface area contributed by atoms with Crippen LogP contribution in [0.4, 0.5) is 11.4 Å². The number of hydrogen-bond acceptors (Lipinski definition) is 5. The summed E-state index contributed by atoms with van der Waals surface area (Å²) in [5.41, 5.74) is 3.52. The van der Waals surface area contributed by atoms with E-state index in [1.807, 2.05) is 36.4 Å². The average Bonchev–Trinajstić information content (AvgIpc) is 3.03. The van der Waals surface area contributed by atoms with Crippen molar-refractivity contribution in [3.05, 3.63) is 53.6 Å². The Kier molecular flexibility index (Phi) is 6.80. The summed E-state index contributed by atoms with van der Waals surface area (Å²) in [6.45, 7) is 6.43. The van der Waals surface area contributed by atoms with E-state index in [9.17, 15) is 4.79 Å². The molecule has 0 saturated heterocycles. The van der Waals surface area contributed by atoms with Crippen LogP contribution in [0.15, 0.2) is 42.5 Å². The fourth-order valence-electron chi connectivity index (χ4n) is 3.39. The first-order chi connectivity index (χ1) is 13.7. The monoisotopic (exact) mass is 382 g/mol. The van der Waals surface area contributed by atoms with Gasteiger partial charge >= 0.3 is 5.97 Å². The van der Waals surface area contributed by atoms with Gasteiger partial charge in [-0.1, -0.05) is 32.8 Å². The lowest BCUT2D eigenvalue weighted by atomic mass is 10.1. The van der Waals surface area contributed by atoms with Gasteiger partial charge in [0.1, 0.15) is 5.75 Å². The summed E-state index contributed by atoms with van der Waals surface area (Å²) < 4.78 is 10.8. The van der Waals surface area contributed by atoms with E-state index in [4.69, 9.17) is 9.47 Å². The molecule has 0 saturated carbocycles. The summed E-state index contributed by atoms with van der Waals surface area (Å²) in [6, 6.07) is 13.7. The third-order valence-electron chi connectivity index (χ3n) is 5.08. The molecule has 28 heavy (non-hydrogen) atoms. The van der Waals surface area contributed by atoms with Crippen LogP contribution >= 0.6 is 0 Å². The molecule has 0 bridgehead atoms. The maximum absolute atomic E-state index is 12.5. The smallest absolute Gasteiger partial charge is 0.340 e. The number of cyclic esters (lactones) is 1. The molecule has 3 rings (SSSR count). The molecule has 0 aromatic heterocycles. The highest BCUT2D eigenvalue weighted by molar-refractivity contribution is 5.95. The van der Waals surface area contributed by atoms with Crippen LogP contribution in [0.3, 0.4) is 0 Å². The molecule has 5 heteroatoms. The number of carbonyl (C=O) groups is 1. The summed E-state index contributed by atoms with van der Waals surface area (Å²) in [4.78, 5) is 14.8. The Hall–Kier alpha value is -2.69. The lowest BCUT2D eigenvalue weighted by molar-refractivity contribution is 0.0437. The Morgan fingerprint density at radius 1 is 1.04 bits per heavy atom. The standard InChI is InChI=1S/C23H30N2O3/c1-4-6-14-25(15-7-5-2)18-10-13-20-21(16-18)23(26)28-22(20)24-17-8-11-19(27-3)12-9-17/h8-13,16,22,24H,4-7,14-15H2,1-3H3. The van der Waals surface area contributed by atoms with E-state index in [0.29, 0.717) is 5.56 Å². The van der Waals surface area contributed by atoms with Crippen LogP contribution in [0.1, 0.15) is 61.7 Å². The second-order valence-electron chi connectivity index (χ2n) is 7.12. The Balaban J connectivity index is 1.78. The zero-order chi connectivity index (χ0) is 19.9. The van der Waals surface area contributed by atoms with Gasteiger partial charge in [-0.25, -0.2) is 4.79 Å². The molecule has 2 aromatic carbocycles. The number of anilines is 2. The molecule has 1 N–H and O–H groups in total. The molecule has 0 fully saturated rings. The van der Waals surface area contributed by atoms with Crippen molar-refractivity contribution in [1.29, 1.82) is 0 Å². The summed E-state index contributed by atoms with van der Waals surface area (Å²) in [5.74, 6) is 0.520. The molecule has 0 amide bonds. The highest BCUT2D eigenvalue weighted by Gasteiger charge is 2.31. The van der Waals surface area contributed by atoms with Gasteiger partial charge in [-0.2, -0.15) is 0 Å². The lowest BCUT2D eigenvalue weighted by Crippen LogP contribution is -2.25. The SMILES string of the molecule is CCCCN(CCCC)c1ccc2c(c1)C(=O)OC2Nc1ccc(OC)cc1. The number of esters is 1. The van der Waals surface area contributed by atoms with Crippen LogP contribution in [0.25, 0.3) is 0 Å². The largest absolute Gasteiger partial charge is 0.497 e. The molecule has 0 radical (unpaired) electrons. The minimum absolute atomic E-state index is 0.270. The summed E-state index contributed by atoms with van der Waals surface area (Å²) in [6.07, 6.45) is 4.14. The van der Waals surface area contributed by atoms with Crippen molar-refractivity contribution in [1.82, 2.24) is 0 Å². The van der Waals surface area contributed by atoms with Crippen LogP contribution in [-0.2, 0) is 4.74 Å². The van der Waals surface area contributed by atoms with E-state index in [0.717, 1.165) is 61.5 Å². The van der Waals surface area contributed by atoms with E-state index in [2.05, 4.69) is 30.1 Å². The van der Waals surface area contributed by atoms with Crippen molar-refractivity contribution >= 4 is 17.3 Å². The molecule has 2 aromatic rings. The number of methoxy groups -OCH3 is 1. The van der Waals surface area contributed by atoms with Crippen LogP contribution in [-0.4, -0.2) is 26.2 Å². The molecular weight excluding hydrogens is 352 g/mol. The molecule has 150 valence electrons. The lowest BCUT2D eigenvalue weighted by Gasteiger charge is -2.25. The van der Waals surface area contributed by atoms with Crippen LogP contribution in [0.2, 0.25) is 0 Å². The molecule has 1 heterocycles. The van der Waals surface area contributed by atoms with E-state index in [-0.39, 0.29) is 5.97 Å². The second kappa shape index (κ2) is 9.49. The number of unbranched alkanes of at least 4 members (excludes halogenated alkanes) is 2. The molecule has 0 aliphatic carbocycles. The van der Waals surface area contributed by atoms with Crippen LogP contribution in [0, 0.1) is 0 Å². The molecule has 0 spiro atoms. The van der Waals surface area contributed by atoms with Crippen LogP contribution in [0.5, 0.6) is 5.75 Å². The molecular formula is C23H30N2O3. The van der Waals surface area contributed by atoms with Gasteiger partial charge in [-0.15, -0.1) is 0 Å². The van der Waals surface area contributed by atoms with Crippen molar-refractivity contribution in [2.75, 3.05) is 30.4 Å². The Bertz CT molecular complexity index is 781. The Labute approximate surface area is 167 Å². The molecule has 1 aliphatic rings. The predicted octanol–water partition coefficient (Wildman–Crippen LogP) is 5.38. The molecule has 1 aliphatic heterocycles. The van der Waals surface area contributed by atoms with Gasteiger partial charge < -0.3 is 19.7 Å². The third kappa shape index (κ3) is 4.58. The number of fused-ring (bicyclic) bond motifs is 1. The van der Waals surface area contributed by atoms with Gasteiger partial charge in [0.25, 0.3) is 0 Å². The van der Waals surface area contributed by atoms with Crippen molar-refractivity contribution in [3.63, 3.8) is 0 Å². The molecule has 1 unspecified atom stereocenters. The number of hydrogen-bond donors (Lipinski definition) is 1. The fraction of sp³-hybridized carbons (Fsp3) is 0.435. The van der Waals surface area contributed by atoms with Crippen molar-refractivity contribution < 1.29 is 14.3 Å². The second-order valence-corrected chi connectivity index (χ2v) is 7.12. The number of carbonyl (C=O) groups excluding carboxylic acids is 1. The number of benzene rings is 2. The number of nitrogens with zero attached hydrogens (tertiary/aromatic N) is 1. The van der Waals surface area contributed by atoms with Crippen molar-refractivity contribution in [3.8, 4) is 5.75 Å². The van der Waals surface area contributed by atoms with Gasteiger partial charge in [-0.3, -0.25) is 0 Å².